The Labute approximate surface area is 162 Å². The molecule has 1 aliphatic heterocycles. The van der Waals surface area contributed by atoms with Crippen molar-refractivity contribution in [2.45, 2.75) is 45.6 Å². The normalized spacial score (nSPS) is 20.5. The van der Waals surface area contributed by atoms with Gasteiger partial charge in [-0.25, -0.2) is 0 Å². The van der Waals surface area contributed by atoms with Crippen LogP contribution in [0.5, 0.6) is 5.75 Å². The second-order valence-electron chi connectivity index (χ2n) is 7.30. The first-order chi connectivity index (χ1) is 13.2. The third-order valence-corrected chi connectivity index (χ3v) is 4.73. The van der Waals surface area contributed by atoms with Crippen LogP contribution in [0.3, 0.4) is 0 Å². The van der Waals surface area contributed by atoms with E-state index in [4.69, 9.17) is 9.47 Å². The highest BCUT2D eigenvalue weighted by Gasteiger charge is 2.21. The van der Waals surface area contributed by atoms with Gasteiger partial charge in [0.15, 0.2) is 0 Å². The molecular formula is C22H31N3O2. The van der Waals surface area contributed by atoms with Gasteiger partial charge in [0.05, 0.1) is 12.2 Å². The first kappa shape index (κ1) is 19.8. The molecule has 3 rings (SSSR count). The molecule has 2 heterocycles. The molecule has 2 unspecified atom stereocenters. The van der Waals surface area contributed by atoms with Crippen LogP contribution < -0.4 is 10.1 Å². The van der Waals surface area contributed by atoms with Crippen molar-refractivity contribution in [2.75, 3.05) is 26.2 Å². The fourth-order valence-electron chi connectivity index (χ4n) is 3.55. The van der Waals surface area contributed by atoms with Crippen LogP contribution in [0.2, 0.25) is 0 Å². The Balaban J connectivity index is 1.39. The quantitative estimate of drug-likeness (QED) is 0.688. The zero-order chi connectivity index (χ0) is 18.9. The van der Waals surface area contributed by atoms with Crippen LogP contribution in [-0.4, -0.2) is 48.3 Å². The van der Waals surface area contributed by atoms with Crippen molar-refractivity contribution < 1.29 is 9.47 Å². The molecule has 1 aliphatic rings. The maximum Gasteiger partial charge on any atom is 0.124 e. The topological polar surface area (TPSA) is 46.6 Å². The number of benzene rings is 1. The highest BCUT2D eigenvalue weighted by atomic mass is 16.5. The monoisotopic (exact) mass is 369 g/mol. The lowest BCUT2D eigenvalue weighted by Gasteiger charge is -2.35. The zero-order valence-electron chi connectivity index (χ0n) is 16.4. The van der Waals surface area contributed by atoms with Gasteiger partial charge in [-0.1, -0.05) is 24.3 Å². The number of aromatic nitrogens is 1. The molecule has 2 aromatic rings. The SMILES string of the molecule is CC1CN(CCCNCc2ccccc2OCc2cccnc2)CC(C)O1. The standard InChI is InChI=1S/C22H31N3O2/c1-18-15-25(16-19(2)27-18)12-6-11-24-14-21-8-3-4-9-22(21)26-17-20-7-5-10-23-13-20/h3-5,7-10,13,18-19,24H,6,11-12,14-17H2,1-2H3. The Kier molecular flexibility index (Phi) is 7.63. The van der Waals surface area contributed by atoms with Gasteiger partial charge in [0.2, 0.25) is 0 Å². The molecule has 2 atom stereocenters. The van der Waals surface area contributed by atoms with Crippen LogP contribution in [0.1, 0.15) is 31.4 Å². The summed E-state index contributed by atoms with van der Waals surface area (Å²) in [5.41, 5.74) is 2.27. The Morgan fingerprint density at radius 2 is 1.96 bits per heavy atom. The minimum Gasteiger partial charge on any atom is -0.489 e. The summed E-state index contributed by atoms with van der Waals surface area (Å²) < 4.78 is 11.8. The Morgan fingerprint density at radius 1 is 1.15 bits per heavy atom. The molecule has 0 radical (unpaired) electrons. The first-order valence-corrected chi connectivity index (χ1v) is 9.89. The summed E-state index contributed by atoms with van der Waals surface area (Å²) >= 11 is 0. The van der Waals surface area contributed by atoms with E-state index in [1.165, 1.54) is 5.56 Å². The van der Waals surface area contributed by atoms with Gasteiger partial charge in [0, 0.05) is 43.2 Å². The van der Waals surface area contributed by atoms with E-state index in [0.717, 1.165) is 50.5 Å². The number of nitrogens with zero attached hydrogens (tertiary/aromatic N) is 2. The predicted octanol–water partition coefficient (Wildman–Crippen LogP) is 3.25. The van der Waals surface area contributed by atoms with Crippen LogP contribution in [0.25, 0.3) is 0 Å². The number of morpholine rings is 1. The molecule has 1 aromatic carbocycles. The van der Waals surface area contributed by atoms with Gasteiger partial charge in [0.25, 0.3) is 0 Å². The third kappa shape index (κ3) is 6.61. The molecule has 0 bridgehead atoms. The second kappa shape index (κ2) is 10.4. The van der Waals surface area contributed by atoms with Crippen LogP contribution in [0.15, 0.2) is 48.8 Å². The van der Waals surface area contributed by atoms with Crippen molar-refractivity contribution >= 4 is 0 Å². The highest BCUT2D eigenvalue weighted by molar-refractivity contribution is 5.33. The smallest absolute Gasteiger partial charge is 0.124 e. The van der Waals surface area contributed by atoms with Gasteiger partial charge in [0.1, 0.15) is 12.4 Å². The lowest BCUT2D eigenvalue weighted by Crippen LogP contribution is -2.46. The van der Waals surface area contributed by atoms with Gasteiger partial charge in [-0.05, 0) is 45.5 Å². The zero-order valence-corrected chi connectivity index (χ0v) is 16.4. The van der Waals surface area contributed by atoms with E-state index in [1.807, 2.05) is 30.5 Å². The van der Waals surface area contributed by atoms with E-state index in [0.29, 0.717) is 18.8 Å². The maximum absolute atomic E-state index is 6.00. The van der Waals surface area contributed by atoms with Crippen LogP contribution in [0, 0.1) is 0 Å². The van der Waals surface area contributed by atoms with Crippen molar-refractivity contribution in [2.24, 2.45) is 0 Å². The summed E-state index contributed by atoms with van der Waals surface area (Å²) in [4.78, 5) is 6.64. The number of rotatable bonds is 9. The summed E-state index contributed by atoms with van der Waals surface area (Å²) in [7, 11) is 0. The lowest BCUT2D eigenvalue weighted by atomic mass is 10.2. The fourth-order valence-corrected chi connectivity index (χ4v) is 3.55. The molecule has 5 heteroatoms. The molecule has 0 spiro atoms. The number of ether oxygens (including phenoxy) is 2. The average Bonchev–Trinajstić information content (AvgIpc) is 2.67. The van der Waals surface area contributed by atoms with E-state index in [-0.39, 0.29) is 0 Å². The van der Waals surface area contributed by atoms with Crippen molar-refractivity contribution in [1.29, 1.82) is 0 Å². The first-order valence-electron chi connectivity index (χ1n) is 9.89. The minimum atomic E-state index is 0.338. The third-order valence-electron chi connectivity index (χ3n) is 4.73. The summed E-state index contributed by atoms with van der Waals surface area (Å²) in [6.45, 7) is 9.86. The van der Waals surface area contributed by atoms with Crippen LogP contribution >= 0.6 is 0 Å². The molecular weight excluding hydrogens is 338 g/mol. The maximum atomic E-state index is 6.00. The van der Waals surface area contributed by atoms with E-state index >= 15 is 0 Å². The van der Waals surface area contributed by atoms with Crippen molar-refractivity contribution in [3.05, 3.63) is 59.9 Å². The van der Waals surface area contributed by atoms with Gasteiger partial charge >= 0.3 is 0 Å². The molecule has 1 aromatic heterocycles. The van der Waals surface area contributed by atoms with E-state index in [9.17, 15) is 0 Å². The van der Waals surface area contributed by atoms with Gasteiger partial charge in [-0.2, -0.15) is 0 Å². The average molecular weight is 370 g/mol. The number of nitrogens with one attached hydrogen (secondary N) is 1. The highest BCUT2D eigenvalue weighted by Crippen LogP contribution is 2.19. The molecule has 0 aliphatic carbocycles. The van der Waals surface area contributed by atoms with E-state index in [2.05, 4.69) is 41.2 Å². The molecule has 27 heavy (non-hydrogen) atoms. The number of pyridine rings is 1. The van der Waals surface area contributed by atoms with E-state index in [1.54, 1.807) is 6.20 Å². The molecule has 1 saturated heterocycles. The fraction of sp³-hybridized carbons (Fsp3) is 0.500. The van der Waals surface area contributed by atoms with Gasteiger partial charge < -0.3 is 14.8 Å². The Hall–Kier alpha value is -1.95. The largest absolute Gasteiger partial charge is 0.489 e. The predicted molar refractivity (Wildman–Crippen MR) is 108 cm³/mol. The van der Waals surface area contributed by atoms with Gasteiger partial charge in [-0.15, -0.1) is 0 Å². The second-order valence-corrected chi connectivity index (χ2v) is 7.30. The number of hydrogen-bond donors (Lipinski definition) is 1. The van der Waals surface area contributed by atoms with Crippen molar-refractivity contribution in [3.63, 3.8) is 0 Å². The molecule has 1 fully saturated rings. The molecule has 146 valence electrons. The minimum absolute atomic E-state index is 0.338. The Morgan fingerprint density at radius 3 is 2.74 bits per heavy atom. The summed E-state index contributed by atoms with van der Waals surface area (Å²) in [5, 5.41) is 3.55. The summed E-state index contributed by atoms with van der Waals surface area (Å²) in [6, 6.07) is 12.2. The molecule has 1 N–H and O–H groups in total. The molecule has 5 nitrogen and oxygen atoms in total. The summed E-state index contributed by atoms with van der Waals surface area (Å²) in [5.74, 6) is 0.935. The van der Waals surface area contributed by atoms with Gasteiger partial charge in [-0.3, -0.25) is 9.88 Å². The number of para-hydroxylation sites is 1. The van der Waals surface area contributed by atoms with Crippen molar-refractivity contribution in [1.82, 2.24) is 15.2 Å². The molecule has 0 amide bonds. The van der Waals surface area contributed by atoms with Crippen molar-refractivity contribution in [3.8, 4) is 5.75 Å². The molecule has 0 saturated carbocycles. The van der Waals surface area contributed by atoms with Crippen LogP contribution in [0.4, 0.5) is 0 Å². The Bertz CT molecular complexity index is 670. The lowest BCUT2D eigenvalue weighted by molar-refractivity contribution is -0.0680. The van der Waals surface area contributed by atoms with E-state index < -0.39 is 0 Å². The summed E-state index contributed by atoms with van der Waals surface area (Å²) in [6.07, 6.45) is 5.43. The van der Waals surface area contributed by atoms with Crippen LogP contribution in [-0.2, 0) is 17.9 Å². The number of hydrogen-bond acceptors (Lipinski definition) is 5.